The van der Waals surface area contributed by atoms with E-state index in [1.807, 2.05) is 26.0 Å². The Balaban J connectivity index is 2.34. The molecule has 0 spiro atoms. The number of nitrogens with zero attached hydrogens (tertiary/aromatic N) is 1. The van der Waals surface area contributed by atoms with Crippen LogP contribution >= 0.6 is 27.3 Å². The molecule has 0 bridgehead atoms. The van der Waals surface area contributed by atoms with Gasteiger partial charge in [-0.05, 0) is 53.5 Å². The third-order valence-electron chi connectivity index (χ3n) is 2.77. The zero-order valence-corrected chi connectivity index (χ0v) is 13.1. The van der Waals surface area contributed by atoms with Crippen molar-refractivity contribution in [2.24, 2.45) is 0 Å². The maximum absolute atomic E-state index is 12.5. The van der Waals surface area contributed by atoms with Gasteiger partial charge in [-0.15, -0.1) is 11.3 Å². The molecule has 100 valence electrons. The quantitative estimate of drug-likeness (QED) is 0.910. The van der Waals surface area contributed by atoms with E-state index in [-0.39, 0.29) is 11.7 Å². The van der Waals surface area contributed by atoms with Gasteiger partial charge >= 0.3 is 0 Å². The molecule has 19 heavy (non-hydrogen) atoms. The Kier molecular flexibility index (Phi) is 4.27. The Morgan fingerprint density at radius 2 is 2.16 bits per heavy atom. The largest absolute Gasteiger partial charge is 0.508 e. The summed E-state index contributed by atoms with van der Waals surface area (Å²) in [5.41, 5.74) is 1.76. The van der Waals surface area contributed by atoms with Gasteiger partial charge in [0, 0.05) is 18.3 Å². The number of rotatable bonds is 3. The van der Waals surface area contributed by atoms with E-state index in [4.69, 9.17) is 0 Å². The molecule has 3 nitrogen and oxygen atoms in total. The predicted molar refractivity (Wildman–Crippen MR) is 82.2 cm³/mol. The minimum Gasteiger partial charge on any atom is -0.508 e. The summed E-state index contributed by atoms with van der Waals surface area (Å²) in [7, 11) is 0. The summed E-state index contributed by atoms with van der Waals surface area (Å²) < 4.78 is 0.975. The third kappa shape index (κ3) is 2.98. The van der Waals surface area contributed by atoms with Gasteiger partial charge < -0.3 is 10.0 Å². The van der Waals surface area contributed by atoms with Gasteiger partial charge in [-0.2, -0.15) is 0 Å². The van der Waals surface area contributed by atoms with Gasteiger partial charge in [0.05, 0.1) is 8.66 Å². The lowest BCUT2D eigenvalue weighted by atomic mass is 10.2. The average molecular weight is 340 g/mol. The van der Waals surface area contributed by atoms with Gasteiger partial charge in [-0.25, -0.2) is 0 Å². The lowest BCUT2D eigenvalue weighted by Gasteiger charge is -2.20. The van der Waals surface area contributed by atoms with Crippen LogP contribution in [0.5, 0.6) is 5.75 Å². The van der Waals surface area contributed by atoms with Gasteiger partial charge in [0.15, 0.2) is 0 Å². The number of carbonyl (C=O) groups excluding carboxylic acids is 1. The van der Waals surface area contributed by atoms with E-state index in [9.17, 15) is 9.90 Å². The first-order valence-corrected chi connectivity index (χ1v) is 7.50. The Hall–Kier alpha value is -1.33. The number of phenolic OH excluding ortho intramolecular Hbond substituents is 1. The number of thiophene rings is 1. The Labute approximate surface area is 124 Å². The highest BCUT2D eigenvalue weighted by Gasteiger charge is 2.19. The zero-order valence-electron chi connectivity index (χ0n) is 10.7. The molecule has 1 N–H and O–H groups in total. The first-order valence-electron chi connectivity index (χ1n) is 5.89. The van der Waals surface area contributed by atoms with Crippen LogP contribution in [-0.4, -0.2) is 17.6 Å². The molecule has 1 aromatic heterocycles. The predicted octanol–water partition coefficient (Wildman–Crippen LogP) is 4.19. The summed E-state index contributed by atoms with van der Waals surface area (Å²) in [6, 6.07) is 8.61. The van der Waals surface area contributed by atoms with E-state index in [0.29, 0.717) is 17.1 Å². The number of aryl methyl sites for hydroxylation is 1. The molecule has 0 radical (unpaired) electrons. The molecular weight excluding hydrogens is 326 g/mol. The van der Waals surface area contributed by atoms with Crippen molar-refractivity contribution < 1.29 is 9.90 Å². The molecule has 1 aromatic carbocycles. The zero-order chi connectivity index (χ0) is 14.0. The van der Waals surface area contributed by atoms with Crippen molar-refractivity contribution in [1.82, 2.24) is 0 Å². The first kappa shape index (κ1) is 14.1. The monoisotopic (exact) mass is 339 g/mol. The summed E-state index contributed by atoms with van der Waals surface area (Å²) in [5, 5.41) is 9.52. The lowest BCUT2D eigenvalue weighted by Crippen LogP contribution is -2.29. The molecule has 0 aliphatic rings. The summed E-state index contributed by atoms with van der Waals surface area (Å²) >= 11 is 4.86. The highest BCUT2D eigenvalue weighted by atomic mass is 79.9. The molecule has 0 saturated carbocycles. The highest BCUT2D eigenvalue weighted by Crippen LogP contribution is 2.30. The van der Waals surface area contributed by atoms with E-state index >= 15 is 0 Å². The third-order valence-corrected chi connectivity index (χ3v) is 4.90. The average Bonchev–Trinajstić information content (AvgIpc) is 2.70. The van der Waals surface area contributed by atoms with Crippen LogP contribution in [0, 0.1) is 6.92 Å². The maximum Gasteiger partial charge on any atom is 0.268 e. The van der Waals surface area contributed by atoms with Crippen LogP contribution in [-0.2, 0) is 0 Å². The highest BCUT2D eigenvalue weighted by molar-refractivity contribution is 9.11. The van der Waals surface area contributed by atoms with Crippen LogP contribution in [0.3, 0.4) is 0 Å². The molecule has 2 aromatic rings. The molecule has 1 heterocycles. The minimum atomic E-state index is -0.0492. The second kappa shape index (κ2) is 5.75. The number of benzene rings is 1. The number of hydrogen-bond acceptors (Lipinski definition) is 3. The standard InChI is InChI=1S/C14H14BrNO2S/c1-3-16(10-5-4-6-11(17)8-10)14(18)12-7-9(2)13(15)19-12/h4-8,17H,3H2,1-2H3. The van der Waals surface area contributed by atoms with Gasteiger partial charge in [0.1, 0.15) is 5.75 Å². The Morgan fingerprint density at radius 1 is 1.42 bits per heavy atom. The molecule has 0 atom stereocenters. The molecule has 0 aliphatic heterocycles. The molecule has 0 unspecified atom stereocenters. The topological polar surface area (TPSA) is 40.5 Å². The fraction of sp³-hybridized carbons (Fsp3) is 0.214. The number of carbonyl (C=O) groups is 1. The molecule has 0 aliphatic carbocycles. The maximum atomic E-state index is 12.5. The molecule has 0 saturated heterocycles. The summed E-state index contributed by atoms with van der Waals surface area (Å²) in [6.45, 7) is 4.43. The number of hydrogen-bond donors (Lipinski definition) is 1. The van der Waals surface area contributed by atoms with Crippen molar-refractivity contribution in [2.45, 2.75) is 13.8 Å². The number of amides is 1. The fourth-order valence-corrected chi connectivity index (χ4v) is 3.29. The van der Waals surface area contributed by atoms with E-state index in [1.165, 1.54) is 11.3 Å². The smallest absolute Gasteiger partial charge is 0.268 e. The van der Waals surface area contributed by atoms with E-state index in [0.717, 1.165) is 9.35 Å². The second-order valence-electron chi connectivity index (χ2n) is 4.14. The number of aromatic hydroxyl groups is 1. The minimum absolute atomic E-state index is 0.0492. The van der Waals surface area contributed by atoms with Crippen molar-refractivity contribution >= 4 is 38.9 Å². The normalized spacial score (nSPS) is 10.5. The molecular formula is C14H14BrNO2S. The summed E-state index contributed by atoms with van der Waals surface area (Å²) in [6.07, 6.45) is 0. The van der Waals surface area contributed by atoms with Gasteiger partial charge in [0.25, 0.3) is 5.91 Å². The molecule has 2 rings (SSSR count). The van der Waals surface area contributed by atoms with Crippen molar-refractivity contribution in [1.29, 1.82) is 0 Å². The van der Waals surface area contributed by atoms with Gasteiger partial charge in [-0.1, -0.05) is 6.07 Å². The van der Waals surface area contributed by atoms with Crippen LogP contribution in [0.15, 0.2) is 34.1 Å². The number of halogens is 1. The van der Waals surface area contributed by atoms with Crippen LogP contribution in [0.4, 0.5) is 5.69 Å². The van der Waals surface area contributed by atoms with Crippen LogP contribution in [0.2, 0.25) is 0 Å². The van der Waals surface area contributed by atoms with Crippen LogP contribution < -0.4 is 4.90 Å². The van der Waals surface area contributed by atoms with Crippen molar-refractivity contribution in [3.63, 3.8) is 0 Å². The van der Waals surface area contributed by atoms with Crippen LogP contribution in [0.25, 0.3) is 0 Å². The summed E-state index contributed by atoms with van der Waals surface area (Å²) in [4.78, 5) is 14.8. The lowest BCUT2D eigenvalue weighted by molar-refractivity contribution is 0.0992. The molecule has 0 fully saturated rings. The van der Waals surface area contributed by atoms with Gasteiger partial charge in [-0.3, -0.25) is 4.79 Å². The van der Waals surface area contributed by atoms with Gasteiger partial charge in [0.2, 0.25) is 0 Å². The van der Waals surface area contributed by atoms with Crippen molar-refractivity contribution in [3.8, 4) is 5.75 Å². The first-order chi connectivity index (χ1) is 9.02. The SMILES string of the molecule is CCN(C(=O)c1cc(C)c(Br)s1)c1cccc(O)c1. The van der Waals surface area contributed by atoms with E-state index in [1.54, 1.807) is 23.1 Å². The van der Waals surface area contributed by atoms with E-state index < -0.39 is 0 Å². The van der Waals surface area contributed by atoms with E-state index in [2.05, 4.69) is 15.9 Å². The van der Waals surface area contributed by atoms with Crippen molar-refractivity contribution in [2.75, 3.05) is 11.4 Å². The summed E-state index contributed by atoms with van der Waals surface area (Å²) in [5.74, 6) is 0.110. The number of phenols is 1. The number of anilines is 1. The molecule has 5 heteroatoms. The Morgan fingerprint density at radius 3 is 2.68 bits per heavy atom. The second-order valence-corrected chi connectivity index (χ2v) is 6.51. The fourth-order valence-electron chi connectivity index (χ4n) is 1.80. The Bertz CT molecular complexity index is 590. The van der Waals surface area contributed by atoms with Crippen LogP contribution in [0.1, 0.15) is 22.2 Å². The van der Waals surface area contributed by atoms with Crippen molar-refractivity contribution in [3.05, 3.63) is 44.6 Å². The molecule has 1 amide bonds.